The van der Waals surface area contributed by atoms with Crippen LogP contribution in [0, 0.1) is 18.7 Å². The number of hydrogen-bond donors (Lipinski definition) is 1. The molecule has 4 heteroatoms. The van der Waals surface area contributed by atoms with E-state index in [1.54, 1.807) is 13.0 Å². The Morgan fingerprint density at radius 1 is 1.28 bits per heavy atom. The van der Waals surface area contributed by atoms with Gasteiger partial charge in [0.15, 0.2) is 0 Å². The Labute approximate surface area is 123 Å². The highest BCUT2D eigenvalue weighted by Gasteiger charge is 2.24. The molecule has 102 valence electrons. The minimum atomic E-state index is -0.161. The molecule has 1 nitrogen and oxygen atoms in total. The van der Waals surface area contributed by atoms with E-state index in [-0.39, 0.29) is 24.3 Å². The molecule has 1 aliphatic carbocycles. The largest absolute Gasteiger partial charge is 0.324 e. The Balaban J connectivity index is 0.00000162. The van der Waals surface area contributed by atoms with Crippen molar-refractivity contribution in [3.05, 3.63) is 33.5 Å². The van der Waals surface area contributed by atoms with Gasteiger partial charge in [-0.15, -0.1) is 12.4 Å². The SMILES string of the molecule is Cc1cc(Br)cc([C@H](N)C2CCCCC2)c1F.Cl. The molecule has 0 radical (unpaired) electrons. The first-order valence-corrected chi connectivity index (χ1v) is 7.10. The van der Waals surface area contributed by atoms with E-state index in [2.05, 4.69) is 15.9 Å². The van der Waals surface area contributed by atoms with Crippen LogP contribution in [0.1, 0.15) is 49.3 Å². The predicted molar refractivity (Wildman–Crippen MR) is 79.6 cm³/mol. The van der Waals surface area contributed by atoms with E-state index in [9.17, 15) is 4.39 Å². The van der Waals surface area contributed by atoms with Crippen molar-refractivity contribution >= 4 is 28.3 Å². The summed E-state index contributed by atoms with van der Waals surface area (Å²) in [4.78, 5) is 0. The summed E-state index contributed by atoms with van der Waals surface area (Å²) in [6.07, 6.45) is 6.02. The van der Waals surface area contributed by atoms with Gasteiger partial charge >= 0.3 is 0 Å². The standard InChI is InChI=1S/C14H19BrFN.ClH/c1-9-7-11(15)8-12(13(9)16)14(17)10-5-3-2-4-6-10;/h7-8,10,14H,2-6,17H2,1H3;1H/t14-;/m1./s1. The van der Waals surface area contributed by atoms with Gasteiger partial charge in [0.1, 0.15) is 5.82 Å². The molecular formula is C14H20BrClFN. The van der Waals surface area contributed by atoms with E-state index < -0.39 is 0 Å². The molecule has 1 fully saturated rings. The summed E-state index contributed by atoms with van der Waals surface area (Å²) in [6.45, 7) is 1.79. The van der Waals surface area contributed by atoms with E-state index in [4.69, 9.17) is 5.73 Å². The third-order valence-corrected chi connectivity index (χ3v) is 4.22. The van der Waals surface area contributed by atoms with Crippen LogP contribution in [0.2, 0.25) is 0 Å². The zero-order chi connectivity index (χ0) is 12.4. The fourth-order valence-electron chi connectivity index (χ4n) is 2.74. The highest BCUT2D eigenvalue weighted by molar-refractivity contribution is 9.10. The number of aryl methyl sites for hydroxylation is 1. The topological polar surface area (TPSA) is 26.0 Å². The molecule has 0 heterocycles. The van der Waals surface area contributed by atoms with Crippen molar-refractivity contribution in [2.45, 2.75) is 45.1 Å². The predicted octanol–water partition coefficient (Wildman–Crippen LogP) is 4.90. The molecule has 0 amide bonds. The van der Waals surface area contributed by atoms with Crippen molar-refractivity contribution < 1.29 is 4.39 Å². The average Bonchev–Trinajstić information content (AvgIpc) is 2.34. The molecule has 1 saturated carbocycles. The Hall–Kier alpha value is -0.120. The fraction of sp³-hybridized carbons (Fsp3) is 0.571. The summed E-state index contributed by atoms with van der Waals surface area (Å²) in [7, 11) is 0. The molecule has 2 rings (SSSR count). The fourth-order valence-corrected chi connectivity index (χ4v) is 3.33. The highest BCUT2D eigenvalue weighted by atomic mass is 79.9. The molecular weight excluding hydrogens is 317 g/mol. The molecule has 0 aromatic heterocycles. The lowest BCUT2D eigenvalue weighted by Crippen LogP contribution is -2.24. The Bertz CT molecular complexity index is 405. The lowest BCUT2D eigenvalue weighted by Gasteiger charge is -2.28. The van der Waals surface area contributed by atoms with Crippen molar-refractivity contribution in [2.24, 2.45) is 11.7 Å². The first-order chi connectivity index (χ1) is 8.09. The molecule has 1 aromatic rings. The minimum Gasteiger partial charge on any atom is -0.324 e. The molecule has 2 N–H and O–H groups in total. The van der Waals surface area contributed by atoms with E-state index >= 15 is 0 Å². The average molecular weight is 337 g/mol. The van der Waals surface area contributed by atoms with Gasteiger partial charge in [0.2, 0.25) is 0 Å². The monoisotopic (exact) mass is 335 g/mol. The number of halogens is 3. The number of hydrogen-bond acceptors (Lipinski definition) is 1. The van der Waals surface area contributed by atoms with Crippen LogP contribution in [0.4, 0.5) is 4.39 Å². The van der Waals surface area contributed by atoms with Crippen LogP contribution in [0.15, 0.2) is 16.6 Å². The number of nitrogens with two attached hydrogens (primary N) is 1. The number of rotatable bonds is 2. The second kappa shape index (κ2) is 6.88. The zero-order valence-corrected chi connectivity index (χ0v) is 13.0. The van der Waals surface area contributed by atoms with Gasteiger partial charge in [0.25, 0.3) is 0 Å². The molecule has 1 aromatic carbocycles. The zero-order valence-electron chi connectivity index (χ0n) is 10.6. The first-order valence-electron chi connectivity index (χ1n) is 6.30. The Kier molecular flexibility index (Phi) is 6.09. The van der Waals surface area contributed by atoms with E-state index in [1.165, 1.54) is 19.3 Å². The molecule has 0 bridgehead atoms. The van der Waals surface area contributed by atoms with Crippen LogP contribution in [0.3, 0.4) is 0 Å². The molecule has 0 aliphatic heterocycles. The van der Waals surface area contributed by atoms with Crippen LogP contribution in [-0.2, 0) is 0 Å². The van der Waals surface area contributed by atoms with Crippen molar-refractivity contribution in [3.63, 3.8) is 0 Å². The van der Waals surface area contributed by atoms with Gasteiger partial charge in [-0.25, -0.2) is 4.39 Å². The first kappa shape index (κ1) is 15.9. The van der Waals surface area contributed by atoms with Crippen molar-refractivity contribution in [1.82, 2.24) is 0 Å². The maximum Gasteiger partial charge on any atom is 0.130 e. The van der Waals surface area contributed by atoms with Crippen LogP contribution in [-0.4, -0.2) is 0 Å². The third-order valence-electron chi connectivity index (χ3n) is 3.76. The second-order valence-electron chi connectivity index (χ2n) is 5.05. The van der Waals surface area contributed by atoms with Crippen LogP contribution in [0.25, 0.3) is 0 Å². The molecule has 1 atom stereocenters. The van der Waals surface area contributed by atoms with Gasteiger partial charge in [0, 0.05) is 16.1 Å². The number of benzene rings is 1. The van der Waals surface area contributed by atoms with Crippen molar-refractivity contribution in [2.75, 3.05) is 0 Å². The third kappa shape index (κ3) is 3.46. The van der Waals surface area contributed by atoms with Gasteiger partial charge in [0.05, 0.1) is 0 Å². The van der Waals surface area contributed by atoms with E-state index in [0.29, 0.717) is 17.0 Å². The van der Waals surface area contributed by atoms with Gasteiger partial charge in [-0.3, -0.25) is 0 Å². The lowest BCUT2D eigenvalue weighted by molar-refractivity contribution is 0.303. The molecule has 0 unspecified atom stereocenters. The van der Waals surface area contributed by atoms with Crippen LogP contribution in [0.5, 0.6) is 0 Å². The summed E-state index contributed by atoms with van der Waals surface area (Å²) in [5.41, 5.74) is 7.58. The minimum absolute atomic E-state index is 0. The smallest absolute Gasteiger partial charge is 0.130 e. The molecule has 0 spiro atoms. The Morgan fingerprint density at radius 3 is 2.50 bits per heavy atom. The lowest BCUT2D eigenvalue weighted by atomic mass is 9.81. The van der Waals surface area contributed by atoms with Crippen molar-refractivity contribution in [1.29, 1.82) is 0 Å². The maximum absolute atomic E-state index is 14.1. The summed E-state index contributed by atoms with van der Waals surface area (Å²) in [5.74, 6) is 0.304. The quantitative estimate of drug-likeness (QED) is 0.817. The summed E-state index contributed by atoms with van der Waals surface area (Å²) in [6, 6.07) is 3.47. The van der Waals surface area contributed by atoms with E-state index in [0.717, 1.165) is 17.3 Å². The highest BCUT2D eigenvalue weighted by Crippen LogP contribution is 2.35. The van der Waals surface area contributed by atoms with Gasteiger partial charge in [-0.05, 0) is 43.4 Å². The van der Waals surface area contributed by atoms with Gasteiger partial charge in [-0.1, -0.05) is 35.2 Å². The van der Waals surface area contributed by atoms with Gasteiger partial charge < -0.3 is 5.73 Å². The van der Waals surface area contributed by atoms with Crippen LogP contribution >= 0.6 is 28.3 Å². The molecule has 18 heavy (non-hydrogen) atoms. The Morgan fingerprint density at radius 2 is 1.89 bits per heavy atom. The van der Waals surface area contributed by atoms with Crippen LogP contribution < -0.4 is 5.73 Å². The second-order valence-corrected chi connectivity index (χ2v) is 5.97. The van der Waals surface area contributed by atoms with E-state index in [1.807, 2.05) is 6.07 Å². The molecule has 0 saturated heterocycles. The normalized spacial score (nSPS) is 18.2. The summed E-state index contributed by atoms with van der Waals surface area (Å²) in [5, 5.41) is 0. The van der Waals surface area contributed by atoms with Crippen molar-refractivity contribution in [3.8, 4) is 0 Å². The maximum atomic E-state index is 14.1. The van der Waals surface area contributed by atoms with Gasteiger partial charge in [-0.2, -0.15) is 0 Å². The summed E-state index contributed by atoms with van der Waals surface area (Å²) >= 11 is 3.42. The molecule has 1 aliphatic rings. The summed E-state index contributed by atoms with van der Waals surface area (Å²) < 4.78 is 15.0.